The van der Waals surface area contributed by atoms with Gasteiger partial charge in [0.25, 0.3) is 0 Å². The fourth-order valence-electron chi connectivity index (χ4n) is 2.96. The fourth-order valence-corrected chi connectivity index (χ4v) is 3.28. The monoisotopic (exact) mass is 420 g/mol. The zero-order valence-corrected chi connectivity index (χ0v) is 18.0. The van der Waals surface area contributed by atoms with Crippen LogP contribution >= 0.6 is 23.2 Å². The summed E-state index contributed by atoms with van der Waals surface area (Å²) in [6.45, 7) is 4.13. The average molecular weight is 421 g/mol. The first kappa shape index (κ1) is 22.3. The lowest BCUT2D eigenvalue weighted by molar-refractivity contribution is -0.140. The molecule has 0 unspecified atom stereocenters. The van der Waals surface area contributed by atoms with Gasteiger partial charge >= 0.3 is 0 Å². The lowest BCUT2D eigenvalue weighted by Crippen LogP contribution is -2.46. The van der Waals surface area contributed by atoms with Gasteiger partial charge in [-0.1, -0.05) is 60.5 Å². The number of hydrogen-bond acceptors (Lipinski definition) is 2. The number of likely N-dealkylation sites (N-methyl/N-ethyl adjacent to an activating group) is 1. The van der Waals surface area contributed by atoms with Crippen LogP contribution in [0.3, 0.4) is 0 Å². The fraction of sp³-hybridized carbons (Fsp3) is 0.364. The van der Waals surface area contributed by atoms with E-state index >= 15 is 0 Å². The standard InChI is InChI=1S/C22H26Cl2N2O2/c1-4-16-5-7-17(8-6-16)10-12-21(27)26(15(2)22(28)25-3)14-18-9-11-19(23)20(24)13-18/h5-9,11,13,15H,4,10,12,14H2,1-3H3,(H,25,28)/t15-/m1/s1. The van der Waals surface area contributed by atoms with Crippen LogP contribution < -0.4 is 5.32 Å². The molecule has 6 heteroatoms. The number of rotatable bonds is 8. The molecule has 4 nitrogen and oxygen atoms in total. The molecule has 0 aliphatic heterocycles. The van der Waals surface area contributed by atoms with Gasteiger partial charge in [0.05, 0.1) is 10.0 Å². The van der Waals surface area contributed by atoms with Crippen molar-refractivity contribution >= 4 is 35.0 Å². The predicted molar refractivity (Wildman–Crippen MR) is 115 cm³/mol. The van der Waals surface area contributed by atoms with Gasteiger partial charge in [-0.2, -0.15) is 0 Å². The molecular formula is C22H26Cl2N2O2. The van der Waals surface area contributed by atoms with Gasteiger partial charge in [0.15, 0.2) is 0 Å². The number of nitrogens with zero attached hydrogens (tertiary/aromatic N) is 1. The number of halogens is 2. The van der Waals surface area contributed by atoms with Crippen molar-refractivity contribution < 1.29 is 9.59 Å². The van der Waals surface area contributed by atoms with Crippen molar-refractivity contribution in [3.8, 4) is 0 Å². The molecule has 2 amide bonds. The first-order valence-electron chi connectivity index (χ1n) is 9.38. The molecule has 0 radical (unpaired) electrons. The minimum absolute atomic E-state index is 0.0817. The topological polar surface area (TPSA) is 49.4 Å². The molecule has 0 aliphatic rings. The Kier molecular flexibility index (Phi) is 8.34. The number of hydrogen-bond donors (Lipinski definition) is 1. The minimum atomic E-state index is -0.588. The highest BCUT2D eigenvalue weighted by atomic mass is 35.5. The van der Waals surface area contributed by atoms with Gasteiger partial charge in [-0.15, -0.1) is 0 Å². The summed E-state index contributed by atoms with van der Waals surface area (Å²) in [6.07, 6.45) is 1.94. The highest BCUT2D eigenvalue weighted by Crippen LogP contribution is 2.24. The van der Waals surface area contributed by atoms with Gasteiger partial charge in [0, 0.05) is 20.0 Å². The van der Waals surface area contributed by atoms with Crippen molar-refractivity contribution in [2.75, 3.05) is 7.05 Å². The quantitative estimate of drug-likeness (QED) is 0.675. The lowest BCUT2D eigenvalue weighted by Gasteiger charge is -2.28. The molecule has 28 heavy (non-hydrogen) atoms. The van der Waals surface area contributed by atoms with Crippen LogP contribution in [0.1, 0.15) is 37.0 Å². The van der Waals surface area contributed by atoms with Gasteiger partial charge in [-0.25, -0.2) is 0 Å². The number of amides is 2. The molecule has 0 saturated heterocycles. The second kappa shape index (κ2) is 10.5. The highest BCUT2D eigenvalue weighted by Gasteiger charge is 2.25. The third kappa shape index (κ3) is 5.98. The third-order valence-corrected chi connectivity index (χ3v) is 5.55. The average Bonchev–Trinajstić information content (AvgIpc) is 2.72. The Balaban J connectivity index is 2.13. The second-order valence-electron chi connectivity index (χ2n) is 6.73. The summed E-state index contributed by atoms with van der Waals surface area (Å²) in [5.41, 5.74) is 3.20. The van der Waals surface area contributed by atoms with Crippen LogP contribution in [-0.2, 0) is 29.0 Å². The molecule has 0 spiro atoms. The largest absolute Gasteiger partial charge is 0.357 e. The molecule has 2 rings (SSSR count). The van der Waals surface area contributed by atoms with E-state index in [0.29, 0.717) is 29.4 Å². The van der Waals surface area contributed by atoms with E-state index in [1.54, 1.807) is 31.0 Å². The Morgan fingerprint density at radius 3 is 2.18 bits per heavy atom. The minimum Gasteiger partial charge on any atom is -0.357 e. The highest BCUT2D eigenvalue weighted by molar-refractivity contribution is 6.42. The summed E-state index contributed by atoms with van der Waals surface area (Å²) < 4.78 is 0. The molecule has 0 heterocycles. The van der Waals surface area contributed by atoms with E-state index < -0.39 is 6.04 Å². The van der Waals surface area contributed by atoms with Crippen LogP contribution in [0.15, 0.2) is 42.5 Å². The van der Waals surface area contributed by atoms with Crippen LogP contribution in [0, 0.1) is 0 Å². The van der Waals surface area contributed by atoms with Gasteiger partial charge in [-0.05, 0) is 48.6 Å². The zero-order valence-electron chi connectivity index (χ0n) is 16.5. The summed E-state index contributed by atoms with van der Waals surface area (Å²) in [5.74, 6) is -0.289. The second-order valence-corrected chi connectivity index (χ2v) is 7.54. The Morgan fingerprint density at radius 1 is 1.00 bits per heavy atom. The molecule has 2 aromatic rings. The summed E-state index contributed by atoms with van der Waals surface area (Å²) >= 11 is 12.1. The molecular weight excluding hydrogens is 395 g/mol. The van der Waals surface area contributed by atoms with E-state index in [9.17, 15) is 9.59 Å². The zero-order chi connectivity index (χ0) is 20.7. The van der Waals surface area contributed by atoms with Crippen LogP contribution in [0.2, 0.25) is 10.0 Å². The number of aryl methyl sites for hydroxylation is 2. The van der Waals surface area contributed by atoms with Gasteiger partial charge < -0.3 is 10.2 Å². The Bertz CT molecular complexity index is 822. The summed E-state index contributed by atoms with van der Waals surface area (Å²) in [7, 11) is 1.57. The van der Waals surface area contributed by atoms with Crippen molar-refractivity contribution in [1.82, 2.24) is 10.2 Å². The molecule has 0 saturated carbocycles. The van der Waals surface area contributed by atoms with Crippen molar-refractivity contribution in [3.05, 3.63) is 69.2 Å². The number of benzene rings is 2. The van der Waals surface area contributed by atoms with Gasteiger partial charge in [0.1, 0.15) is 6.04 Å². The maximum atomic E-state index is 12.9. The SMILES string of the molecule is CCc1ccc(CCC(=O)N(Cc2ccc(Cl)c(Cl)c2)[C@H](C)C(=O)NC)cc1. The molecule has 1 atom stereocenters. The molecule has 0 fully saturated rings. The van der Waals surface area contributed by atoms with E-state index in [1.165, 1.54) is 5.56 Å². The first-order chi connectivity index (χ1) is 13.3. The summed E-state index contributed by atoms with van der Waals surface area (Å²) in [5, 5.41) is 3.50. The van der Waals surface area contributed by atoms with Crippen molar-refractivity contribution in [1.29, 1.82) is 0 Å². The van der Waals surface area contributed by atoms with Gasteiger partial charge in [-0.3, -0.25) is 9.59 Å². The molecule has 2 aromatic carbocycles. The van der Waals surface area contributed by atoms with Crippen LogP contribution in [0.4, 0.5) is 0 Å². The number of carbonyl (C=O) groups excluding carboxylic acids is 2. The van der Waals surface area contributed by atoms with Crippen LogP contribution in [0.25, 0.3) is 0 Å². The molecule has 0 aromatic heterocycles. The van der Waals surface area contributed by atoms with Crippen LogP contribution in [-0.4, -0.2) is 29.8 Å². The summed E-state index contributed by atoms with van der Waals surface area (Å²) in [6, 6.07) is 12.9. The Hall–Kier alpha value is -2.04. The molecule has 150 valence electrons. The third-order valence-electron chi connectivity index (χ3n) is 4.81. The number of nitrogens with one attached hydrogen (secondary N) is 1. The van der Waals surface area contributed by atoms with Crippen molar-refractivity contribution in [2.45, 2.75) is 45.7 Å². The maximum absolute atomic E-state index is 12.9. The molecule has 1 N–H and O–H groups in total. The van der Waals surface area contributed by atoms with E-state index in [0.717, 1.165) is 17.5 Å². The summed E-state index contributed by atoms with van der Waals surface area (Å²) in [4.78, 5) is 26.7. The first-order valence-corrected chi connectivity index (χ1v) is 10.1. The predicted octanol–water partition coefficient (Wildman–Crippen LogP) is 4.65. The van der Waals surface area contributed by atoms with E-state index in [1.807, 2.05) is 6.07 Å². The lowest BCUT2D eigenvalue weighted by atomic mass is 10.0. The van der Waals surface area contributed by atoms with E-state index in [4.69, 9.17) is 23.2 Å². The normalized spacial score (nSPS) is 11.8. The van der Waals surface area contributed by atoms with Crippen molar-refractivity contribution in [3.63, 3.8) is 0 Å². The van der Waals surface area contributed by atoms with E-state index in [2.05, 4.69) is 36.5 Å². The van der Waals surface area contributed by atoms with Crippen molar-refractivity contribution in [2.24, 2.45) is 0 Å². The van der Waals surface area contributed by atoms with Gasteiger partial charge in [0.2, 0.25) is 11.8 Å². The Morgan fingerprint density at radius 2 is 1.61 bits per heavy atom. The maximum Gasteiger partial charge on any atom is 0.242 e. The number of carbonyl (C=O) groups is 2. The molecule has 0 bridgehead atoms. The Labute approximate surface area is 176 Å². The van der Waals surface area contributed by atoms with Crippen LogP contribution in [0.5, 0.6) is 0 Å². The molecule has 0 aliphatic carbocycles. The van der Waals surface area contributed by atoms with E-state index in [-0.39, 0.29) is 11.8 Å². The smallest absolute Gasteiger partial charge is 0.242 e.